The molecule has 1 amide bonds. The Morgan fingerprint density at radius 2 is 2.24 bits per heavy atom. The molecule has 1 aromatic rings. The number of benzene rings is 1. The third-order valence-electron chi connectivity index (χ3n) is 3.70. The van der Waals surface area contributed by atoms with E-state index in [0.29, 0.717) is 12.6 Å². The summed E-state index contributed by atoms with van der Waals surface area (Å²) in [5.74, 6) is -0.553. The lowest BCUT2D eigenvalue weighted by Crippen LogP contribution is -2.48. The Morgan fingerprint density at radius 1 is 1.43 bits per heavy atom. The van der Waals surface area contributed by atoms with Crippen LogP contribution in [0.2, 0.25) is 0 Å². The summed E-state index contributed by atoms with van der Waals surface area (Å²) in [4.78, 5) is 14.1. The molecule has 0 spiro atoms. The van der Waals surface area contributed by atoms with Crippen molar-refractivity contribution in [1.82, 2.24) is 10.2 Å². The van der Waals surface area contributed by atoms with Crippen LogP contribution in [0.4, 0.5) is 10.1 Å². The predicted octanol–water partition coefficient (Wildman–Crippen LogP) is 2.23. The molecule has 0 radical (unpaired) electrons. The molecule has 1 heterocycles. The molecule has 0 saturated carbocycles. The van der Waals surface area contributed by atoms with Gasteiger partial charge < -0.3 is 10.6 Å². The zero-order chi connectivity index (χ0) is 15.1. The van der Waals surface area contributed by atoms with E-state index in [-0.39, 0.29) is 11.6 Å². The van der Waals surface area contributed by atoms with Gasteiger partial charge in [-0.3, -0.25) is 9.69 Å². The second-order valence-corrected chi connectivity index (χ2v) is 5.56. The zero-order valence-electron chi connectivity index (χ0n) is 12.6. The van der Waals surface area contributed by atoms with E-state index < -0.39 is 5.82 Å². The minimum Gasteiger partial charge on any atom is -0.322 e. The minimum absolute atomic E-state index is 0.156. The van der Waals surface area contributed by atoms with Crippen LogP contribution in [-0.2, 0) is 4.79 Å². The van der Waals surface area contributed by atoms with Gasteiger partial charge in [-0.05, 0) is 44.5 Å². The normalized spacial score (nSPS) is 19.4. The maximum absolute atomic E-state index is 13.5. The molecule has 4 nitrogen and oxygen atoms in total. The lowest BCUT2D eigenvalue weighted by molar-refractivity contribution is -0.117. The van der Waals surface area contributed by atoms with Crippen LogP contribution >= 0.6 is 0 Å². The van der Waals surface area contributed by atoms with Crippen molar-refractivity contribution in [3.8, 4) is 0 Å². The van der Waals surface area contributed by atoms with Gasteiger partial charge in [-0.15, -0.1) is 0 Å². The summed E-state index contributed by atoms with van der Waals surface area (Å²) >= 11 is 0. The lowest BCUT2D eigenvalue weighted by Gasteiger charge is -2.32. The fourth-order valence-corrected chi connectivity index (χ4v) is 2.67. The second-order valence-electron chi connectivity index (χ2n) is 5.56. The summed E-state index contributed by atoms with van der Waals surface area (Å²) in [6.45, 7) is 5.29. The van der Waals surface area contributed by atoms with E-state index in [1.807, 2.05) is 0 Å². The quantitative estimate of drug-likeness (QED) is 0.845. The summed E-state index contributed by atoms with van der Waals surface area (Å²) in [6, 6.07) is 6.71. The van der Waals surface area contributed by atoms with Gasteiger partial charge in [0.25, 0.3) is 0 Å². The Balaban J connectivity index is 1.81. The standard InChI is InChI=1S/C16H24FN3O/c1-2-9-18-13-6-5-10-20(11-13)12-16(21)19-15-8-4-3-7-14(15)17/h3-4,7-8,13,18H,2,5-6,9-12H2,1H3,(H,19,21). The van der Waals surface area contributed by atoms with Crippen molar-refractivity contribution in [2.75, 3.05) is 31.5 Å². The van der Waals surface area contributed by atoms with Gasteiger partial charge in [0.05, 0.1) is 12.2 Å². The summed E-state index contributed by atoms with van der Waals surface area (Å²) in [5, 5.41) is 6.14. The van der Waals surface area contributed by atoms with E-state index in [4.69, 9.17) is 0 Å². The molecular weight excluding hydrogens is 269 g/mol. The molecule has 5 heteroatoms. The molecule has 21 heavy (non-hydrogen) atoms. The highest BCUT2D eigenvalue weighted by molar-refractivity contribution is 5.92. The molecule has 1 aromatic carbocycles. The monoisotopic (exact) mass is 293 g/mol. The van der Waals surface area contributed by atoms with Gasteiger partial charge in [-0.2, -0.15) is 0 Å². The van der Waals surface area contributed by atoms with E-state index in [1.54, 1.807) is 18.2 Å². The molecule has 1 fully saturated rings. The van der Waals surface area contributed by atoms with Crippen LogP contribution in [0.3, 0.4) is 0 Å². The van der Waals surface area contributed by atoms with E-state index in [1.165, 1.54) is 6.07 Å². The molecule has 0 bridgehead atoms. The predicted molar refractivity (Wildman–Crippen MR) is 82.8 cm³/mol. The van der Waals surface area contributed by atoms with Gasteiger partial charge in [-0.1, -0.05) is 19.1 Å². The molecular formula is C16H24FN3O. The topological polar surface area (TPSA) is 44.4 Å². The molecule has 1 aliphatic heterocycles. The number of rotatable bonds is 6. The van der Waals surface area contributed by atoms with Crippen molar-refractivity contribution >= 4 is 11.6 Å². The molecule has 2 N–H and O–H groups in total. The highest BCUT2D eigenvalue weighted by Gasteiger charge is 2.21. The number of amides is 1. The van der Waals surface area contributed by atoms with Crippen molar-refractivity contribution in [1.29, 1.82) is 0 Å². The van der Waals surface area contributed by atoms with Crippen LogP contribution in [0.25, 0.3) is 0 Å². The SMILES string of the molecule is CCCNC1CCCN(CC(=O)Nc2ccccc2F)C1. The van der Waals surface area contributed by atoms with Crippen LogP contribution in [0.15, 0.2) is 24.3 Å². The average molecular weight is 293 g/mol. The zero-order valence-corrected chi connectivity index (χ0v) is 12.6. The van der Waals surface area contributed by atoms with Crippen molar-refractivity contribution in [2.45, 2.75) is 32.2 Å². The van der Waals surface area contributed by atoms with E-state index in [2.05, 4.69) is 22.5 Å². The highest BCUT2D eigenvalue weighted by Crippen LogP contribution is 2.13. The van der Waals surface area contributed by atoms with E-state index in [0.717, 1.165) is 38.9 Å². The molecule has 1 saturated heterocycles. The molecule has 116 valence electrons. The second kappa shape index (κ2) is 8.10. The van der Waals surface area contributed by atoms with Crippen LogP contribution < -0.4 is 10.6 Å². The van der Waals surface area contributed by atoms with Crippen molar-refractivity contribution < 1.29 is 9.18 Å². The number of carbonyl (C=O) groups excluding carboxylic acids is 1. The number of halogens is 1. The molecule has 2 rings (SSSR count). The number of likely N-dealkylation sites (tertiary alicyclic amines) is 1. The fourth-order valence-electron chi connectivity index (χ4n) is 2.67. The van der Waals surface area contributed by atoms with Gasteiger partial charge in [0.2, 0.25) is 5.91 Å². The van der Waals surface area contributed by atoms with Crippen LogP contribution in [0.1, 0.15) is 26.2 Å². The molecule has 1 unspecified atom stereocenters. The van der Waals surface area contributed by atoms with Gasteiger partial charge >= 0.3 is 0 Å². The first-order chi connectivity index (χ1) is 10.2. The van der Waals surface area contributed by atoms with Crippen LogP contribution in [0.5, 0.6) is 0 Å². The first kappa shape index (κ1) is 15.9. The Hall–Kier alpha value is -1.46. The van der Waals surface area contributed by atoms with Gasteiger partial charge in [0.15, 0.2) is 0 Å². The van der Waals surface area contributed by atoms with Crippen molar-refractivity contribution in [3.63, 3.8) is 0 Å². The largest absolute Gasteiger partial charge is 0.322 e. The maximum Gasteiger partial charge on any atom is 0.238 e. The molecule has 0 aliphatic carbocycles. The fraction of sp³-hybridized carbons (Fsp3) is 0.562. The minimum atomic E-state index is -0.396. The maximum atomic E-state index is 13.5. The number of piperidine rings is 1. The number of anilines is 1. The first-order valence-electron chi connectivity index (χ1n) is 7.69. The Kier molecular flexibility index (Phi) is 6.14. The number of hydrogen-bond donors (Lipinski definition) is 2. The third kappa shape index (κ3) is 5.10. The first-order valence-corrected chi connectivity index (χ1v) is 7.69. The number of nitrogens with one attached hydrogen (secondary N) is 2. The van der Waals surface area contributed by atoms with Gasteiger partial charge in [-0.25, -0.2) is 4.39 Å². The molecule has 1 atom stereocenters. The lowest BCUT2D eigenvalue weighted by atomic mass is 10.1. The number of nitrogens with zero attached hydrogens (tertiary/aromatic N) is 1. The Morgan fingerprint density at radius 3 is 3.00 bits per heavy atom. The summed E-state index contributed by atoms with van der Waals surface area (Å²) in [5.41, 5.74) is 0.250. The average Bonchev–Trinajstić information content (AvgIpc) is 2.48. The van der Waals surface area contributed by atoms with E-state index in [9.17, 15) is 9.18 Å². The van der Waals surface area contributed by atoms with E-state index >= 15 is 0 Å². The third-order valence-corrected chi connectivity index (χ3v) is 3.70. The number of carbonyl (C=O) groups is 1. The van der Waals surface area contributed by atoms with Gasteiger partial charge in [0, 0.05) is 12.6 Å². The molecule has 1 aliphatic rings. The highest BCUT2D eigenvalue weighted by atomic mass is 19.1. The van der Waals surface area contributed by atoms with Crippen LogP contribution in [0, 0.1) is 5.82 Å². The van der Waals surface area contributed by atoms with Crippen LogP contribution in [-0.4, -0.2) is 43.0 Å². The smallest absolute Gasteiger partial charge is 0.238 e. The Bertz CT molecular complexity index is 467. The Labute approximate surface area is 125 Å². The van der Waals surface area contributed by atoms with Crippen molar-refractivity contribution in [2.24, 2.45) is 0 Å². The number of para-hydroxylation sites is 1. The van der Waals surface area contributed by atoms with Crippen molar-refractivity contribution in [3.05, 3.63) is 30.1 Å². The summed E-state index contributed by atoms with van der Waals surface area (Å²) in [6.07, 6.45) is 3.37. The summed E-state index contributed by atoms with van der Waals surface area (Å²) < 4.78 is 13.5. The summed E-state index contributed by atoms with van der Waals surface area (Å²) in [7, 11) is 0. The van der Waals surface area contributed by atoms with Gasteiger partial charge in [0.1, 0.15) is 5.82 Å². The number of hydrogen-bond acceptors (Lipinski definition) is 3. The molecule has 0 aromatic heterocycles.